The molecule has 8 atom stereocenters. The van der Waals surface area contributed by atoms with E-state index in [0.717, 1.165) is 55.2 Å². The first-order valence-electron chi connectivity index (χ1n) is 25.9. The summed E-state index contributed by atoms with van der Waals surface area (Å²) in [6.45, 7) is 8.85. The lowest BCUT2D eigenvalue weighted by Gasteiger charge is -2.37. The van der Waals surface area contributed by atoms with Crippen molar-refractivity contribution < 1.29 is 28.7 Å². The second-order valence-corrected chi connectivity index (χ2v) is 21.1. The summed E-state index contributed by atoms with van der Waals surface area (Å²) in [5.74, 6) is -0.396. The van der Waals surface area contributed by atoms with Gasteiger partial charge in [-0.05, 0) is 129 Å². The average molecular weight is 979 g/mol. The van der Waals surface area contributed by atoms with Crippen molar-refractivity contribution >= 4 is 29.5 Å². The van der Waals surface area contributed by atoms with Gasteiger partial charge in [0.25, 0.3) is 5.91 Å². The summed E-state index contributed by atoms with van der Waals surface area (Å²) in [5, 5.41) is 19.5. The topological polar surface area (TPSA) is 173 Å². The van der Waals surface area contributed by atoms with E-state index in [1.54, 1.807) is 31.0 Å². The smallest absolute Gasteiger partial charge is 0.251 e. The van der Waals surface area contributed by atoms with E-state index in [0.29, 0.717) is 30.7 Å². The van der Waals surface area contributed by atoms with Crippen LogP contribution in [-0.4, -0.2) is 103 Å². The number of likely N-dealkylation sites (N-methyl/N-ethyl adjacent to an activating group) is 2. The number of hydrogen-bond acceptors (Lipinski definition) is 9. The molecule has 4 aliphatic rings. The van der Waals surface area contributed by atoms with Crippen LogP contribution in [0.3, 0.4) is 0 Å². The number of hydrogen-bond donors (Lipinski definition) is 6. The van der Waals surface area contributed by atoms with Crippen molar-refractivity contribution in [2.45, 2.75) is 141 Å². The maximum Gasteiger partial charge on any atom is 0.251 e. The van der Waals surface area contributed by atoms with Gasteiger partial charge in [0.05, 0.1) is 30.3 Å². The van der Waals surface area contributed by atoms with Crippen LogP contribution in [-0.2, 0) is 45.0 Å². The van der Waals surface area contributed by atoms with E-state index >= 15 is 0 Å². The lowest BCUT2D eigenvalue weighted by atomic mass is 9.85. The van der Waals surface area contributed by atoms with Crippen molar-refractivity contribution in [2.75, 3.05) is 27.2 Å². The van der Waals surface area contributed by atoms with Gasteiger partial charge in [0.1, 0.15) is 24.4 Å². The van der Waals surface area contributed by atoms with E-state index < -0.39 is 18.1 Å². The fourth-order valence-corrected chi connectivity index (χ4v) is 10.9. The van der Waals surface area contributed by atoms with E-state index in [1.807, 2.05) is 72.6 Å². The Morgan fingerprint density at radius 1 is 0.722 bits per heavy atom. The summed E-state index contributed by atoms with van der Waals surface area (Å²) in [6, 6.07) is 28.7. The fourth-order valence-electron chi connectivity index (χ4n) is 10.9. The van der Waals surface area contributed by atoms with E-state index in [1.165, 1.54) is 16.7 Å². The molecule has 4 aromatic carbocycles. The molecule has 72 heavy (non-hydrogen) atoms. The Kier molecular flexibility index (Phi) is 16.9. The minimum absolute atomic E-state index is 0.0213. The normalized spacial score (nSPS) is 21.9. The van der Waals surface area contributed by atoms with Crippen LogP contribution in [0.2, 0.25) is 0 Å². The van der Waals surface area contributed by atoms with E-state index in [9.17, 15) is 24.0 Å². The van der Waals surface area contributed by atoms with Crippen LogP contribution in [0.15, 0.2) is 109 Å². The molecule has 2 aliphatic heterocycles. The number of nitrogens with one attached hydrogen (secondary N) is 6. The second-order valence-electron chi connectivity index (χ2n) is 21.1. The zero-order chi connectivity index (χ0) is 50.9. The number of fused-ring (bicyclic) bond motifs is 2. The van der Waals surface area contributed by atoms with Crippen molar-refractivity contribution in [3.8, 4) is 5.75 Å². The molecule has 3 unspecified atom stereocenters. The first-order valence-corrected chi connectivity index (χ1v) is 25.9. The molecule has 14 nitrogen and oxygen atoms in total. The zero-order valence-corrected chi connectivity index (χ0v) is 42.8. The standard InChI is InChI=1S/C58H74N8O6/c1-37(59-5)53(67)64-49(56(70)65-32-12-11-23-50(65)55(69)63-48-22-14-18-41-16-8-10-20-46(41)48)33-38-26-30-44(31-27-38)72-36-39-24-28-42(29-25-39)54(68)61-43-34-51(66(35-43)57(71)52(60-6)58(2,3)4)62-47-21-13-17-40-15-7-9-19-45(40)47/h7-12,15-16,19-20,24-31,37,43,47-52,59-60,62H,13-14,17-18,21-23,32-36H2,1-6H3,(H,61,68)(H,63,69)(H,64,67)/t37-,43-,47+,48+,49-,50?,51?,52?/m0/s1. The van der Waals surface area contributed by atoms with Gasteiger partial charge in [-0.1, -0.05) is 106 Å². The molecule has 4 aromatic rings. The molecule has 0 radical (unpaired) electrons. The highest BCUT2D eigenvalue weighted by molar-refractivity contribution is 5.95. The molecule has 2 aliphatic carbocycles. The molecule has 1 fully saturated rings. The van der Waals surface area contributed by atoms with Crippen LogP contribution in [0.5, 0.6) is 5.75 Å². The third-order valence-electron chi connectivity index (χ3n) is 15.0. The maximum atomic E-state index is 14.5. The SMILES string of the molecule is CNC(C(=O)N1C[C@@H](NC(=O)c2ccc(COc3ccc(C[C@H](NC(=O)[C@H](C)NC)C(=O)N4CC=CCC4C(=O)N[C@@H]4CCCc5ccccc54)cc3)cc2)CC1N[C@@H]1CCCc2ccccc21)C(C)(C)C. The van der Waals surface area contributed by atoms with E-state index in [2.05, 4.69) is 89.1 Å². The molecule has 0 spiro atoms. The largest absolute Gasteiger partial charge is 0.489 e. The molecular formula is C58H74N8O6. The highest BCUT2D eigenvalue weighted by Crippen LogP contribution is 2.34. The number of benzene rings is 4. The van der Waals surface area contributed by atoms with Crippen LogP contribution in [0, 0.1) is 5.41 Å². The summed E-state index contributed by atoms with van der Waals surface area (Å²) in [4.78, 5) is 73.1. The number of amides is 5. The number of ether oxygens (including phenoxy) is 1. The van der Waals surface area contributed by atoms with E-state index in [4.69, 9.17) is 4.74 Å². The fraction of sp³-hybridized carbons (Fsp3) is 0.466. The molecule has 0 saturated carbocycles. The molecular weight excluding hydrogens is 905 g/mol. The maximum absolute atomic E-state index is 14.5. The Morgan fingerprint density at radius 3 is 2.01 bits per heavy atom. The average Bonchev–Trinajstić information content (AvgIpc) is 3.79. The van der Waals surface area contributed by atoms with Crippen LogP contribution in [0.1, 0.15) is 122 Å². The number of likely N-dealkylation sites (tertiary alicyclic amines) is 1. The zero-order valence-electron chi connectivity index (χ0n) is 42.8. The van der Waals surface area contributed by atoms with Gasteiger partial charge in [-0.15, -0.1) is 0 Å². The summed E-state index contributed by atoms with van der Waals surface area (Å²) < 4.78 is 6.17. The monoisotopic (exact) mass is 979 g/mol. The summed E-state index contributed by atoms with van der Waals surface area (Å²) in [5.41, 5.74) is 6.90. The Bertz CT molecular complexity index is 2580. The number of nitrogens with zero attached hydrogens (tertiary/aromatic N) is 2. The predicted octanol–water partition coefficient (Wildman–Crippen LogP) is 6.21. The third kappa shape index (κ3) is 12.5. The van der Waals surface area contributed by atoms with Gasteiger partial charge in [0, 0.05) is 37.5 Å². The minimum Gasteiger partial charge on any atom is -0.489 e. The predicted molar refractivity (Wildman–Crippen MR) is 280 cm³/mol. The minimum atomic E-state index is -0.917. The molecule has 382 valence electrons. The summed E-state index contributed by atoms with van der Waals surface area (Å²) >= 11 is 0. The van der Waals surface area contributed by atoms with Gasteiger partial charge in [-0.2, -0.15) is 0 Å². The Hall–Kier alpha value is -6.35. The number of rotatable bonds is 17. The van der Waals surface area contributed by atoms with Crippen molar-refractivity contribution in [2.24, 2.45) is 5.41 Å². The molecule has 14 heteroatoms. The first kappa shape index (κ1) is 52.0. The molecule has 5 amide bonds. The van der Waals surface area contributed by atoms with Crippen LogP contribution in [0.4, 0.5) is 0 Å². The van der Waals surface area contributed by atoms with E-state index in [-0.39, 0.29) is 84.9 Å². The number of carbonyl (C=O) groups is 5. The molecule has 6 N–H and O–H groups in total. The summed E-state index contributed by atoms with van der Waals surface area (Å²) in [6.07, 6.45) is 10.7. The molecule has 1 saturated heterocycles. The molecule has 0 aromatic heterocycles. The van der Waals surface area contributed by atoms with Gasteiger partial charge in [-0.3, -0.25) is 29.3 Å². The van der Waals surface area contributed by atoms with Crippen LogP contribution >= 0.6 is 0 Å². The van der Waals surface area contributed by atoms with Crippen molar-refractivity contribution in [1.29, 1.82) is 0 Å². The molecule has 0 bridgehead atoms. The van der Waals surface area contributed by atoms with Gasteiger partial charge < -0.3 is 41.1 Å². The van der Waals surface area contributed by atoms with Gasteiger partial charge in [0.15, 0.2) is 0 Å². The number of aryl methyl sites for hydroxylation is 2. The van der Waals surface area contributed by atoms with Crippen molar-refractivity contribution in [3.05, 3.63) is 148 Å². The molecule has 2 heterocycles. The Balaban J connectivity index is 0.874. The Labute approximate surface area is 425 Å². The highest BCUT2D eigenvalue weighted by atomic mass is 16.5. The van der Waals surface area contributed by atoms with Gasteiger partial charge >= 0.3 is 0 Å². The lowest BCUT2D eigenvalue weighted by molar-refractivity contribution is -0.143. The van der Waals surface area contributed by atoms with Crippen LogP contribution < -0.4 is 36.6 Å². The lowest BCUT2D eigenvalue weighted by Crippen LogP contribution is -2.58. The highest BCUT2D eigenvalue weighted by Gasteiger charge is 2.43. The summed E-state index contributed by atoms with van der Waals surface area (Å²) in [7, 11) is 3.52. The quantitative estimate of drug-likeness (QED) is 0.0674. The van der Waals surface area contributed by atoms with Crippen molar-refractivity contribution in [3.63, 3.8) is 0 Å². The van der Waals surface area contributed by atoms with Crippen molar-refractivity contribution in [1.82, 2.24) is 41.7 Å². The Morgan fingerprint density at radius 2 is 1.36 bits per heavy atom. The number of carbonyl (C=O) groups excluding carboxylic acids is 5. The first-order chi connectivity index (χ1) is 34.7. The van der Waals surface area contributed by atoms with Gasteiger partial charge in [-0.25, -0.2) is 0 Å². The van der Waals surface area contributed by atoms with Gasteiger partial charge in [0.2, 0.25) is 23.6 Å². The second kappa shape index (κ2) is 23.5. The third-order valence-corrected chi connectivity index (χ3v) is 15.0. The van der Waals surface area contributed by atoms with Crippen LogP contribution in [0.25, 0.3) is 0 Å². The molecule has 8 rings (SSSR count).